The number of nitrogens with two attached hydrogens (primary N) is 1. The third-order valence-corrected chi connectivity index (χ3v) is 4.06. The van der Waals surface area contributed by atoms with Crippen LogP contribution < -0.4 is 15.8 Å². The molecule has 3 N–H and O–H groups in total. The standard InChI is InChI=1S/C17H21N3OS.HI/c1-21-15-10-8-14(9-11-15)20-17(18)19-12-5-13-22-16-6-3-2-4-7-16;/h2-4,6-11H,5,12-13H2,1H3,(H3,18,19,20);1H. The van der Waals surface area contributed by atoms with E-state index in [-0.39, 0.29) is 24.0 Å². The summed E-state index contributed by atoms with van der Waals surface area (Å²) in [5.41, 5.74) is 6.77. The van der Waals surface area contributed by atoms with Gasteiger partial charge in [0.25, 0.3) is 0 Å². The number of rotatable bonds is 7. The number of nitrogens with zero attached hydrogens (tertiary/aromatic N) is 1. The Morgan fingerprint density at radius 3 is 2.48 bits per heavy atom. The fraction of sp³-hybridized carbons (Fsp3) is 0.235. The first-order valence-corrected chi connectivity index (χ1v) is 8.15. The Kier molecular flexibility index (Phi) is 9.54. The highest BCUT2D eigenvalue weighted by molar-refractivity contribution is 14.0. The van der Waals surface area contributed by atoms with Crippen molar-refractivity contribution in [2.45, 2.75) is 11.3 Å². The Labute approximate surface area is 158 Å². The minimum atomic E-state index is 0. The maximum absolute atomic E-state index is 5.87. The van der Waals surface area contributed by atoms with Crippen molar-refractivity contribution in [2.24, 2.45) is 10.7 Å². The van der Waals surface area contributed by atoms with Crippen molar-refractivity contribution < 1.29 is 4.74 Å². The summed E-state index contributed by atoms with van der Waals surface area (Å²) in [7, 11) is 1.64. The summed E-state index contributed by atoms with van der Waals surface area (Å²) in [6.45, 7) is 0.717. The summed E-state index contributed by atoms with van der Waals surface area (Å²) in [4.78, 5) is 5.62. The fourth-order valence-electron chi connectivity index (χ4n) is 1.83. The van der Waals surface area contributed by atoms with E-state index in [2.05, 4.69) is 34.6 Å². The van der Waals surface area contributed by atoms with E-state index in [1.54, 1.807) is 7.11 Å². The molecule has 0 spiro atoms. The monoisotopic (exact) mass is 443 g/mol. The number of aliphatic imine (C=N–C) groups is 1. The van der Waals surface area contributed by atoms with Crippen LogP contribution in [0.4, 0.5) is 5.69 Å². The second kappa shape index (κ2) is 11.2. The SMILES string of the molecule is COc1ccc(NC(N)=NCCCSc2ccccc2)cc1.I. The average Bonchev–Trinajstić information content (AvgIpc) is 2.56. The van der Waals surface area contributed by atoms with Gasteiger partial charge in [0.2, 0.25) is 0 Å². The number of nitrogens with one attached hydrogen (secondary N) is 1. The molecule has 0 amide bonds. The molecule has 124 valence electrons. The summed E-state index contributed by atoms with van der Waals surface area (Å²) < 4.78 is 5.11. The maximum Gasteiger partial charge on any atom is 0.193 e. The van der Waals surface area contributed by atoms with E-state index in [0.717, 1.165) is 30.2 Å². The van der Waals surface area contributed by atoms with Gasteiger partial charge in [0, 0.05) is 17.1 Å². The molecule has 0 saturated carbocycles. The van der Waals surface area contributed by atoms with Crippen molar-refractivity contribution in [3.05, 3.63) is 54.6 Å². The van der Waals surface area contributed by atoms with E-state index >= 15 is 0 Å². The van der Waals surface area contributed by atoms with Crippen LogP contribution in [0.2, 0.25) is 0 Å². The molecule has 0 aliphatic rings. The molecule has 0 unspecified atom stereocenters. The number of thioether (sulfide) groups is 1. The van der Waals surface area contributed by atoms with Gasteiger partial charge in [-0.2, -0.15) is 0 Å². The van der Waals surface area contributed by atoms with Gasteiger partial charge in [-0.05, 0) is 48.6 Å². The molecule has 0 heterocycles. The summed E-state index contributed by atoms with van der Waals surface area (Å²) >= 11 is 1.84. The summed E-state index contributed by atoms with van der Waals surface area (Å²) in [5.74, 6) is 2.29. The highest BCUT2D eigenvalue weighted by Gasteiger charge is 1.97. The Morgan fingerprint density at radius 1 is 1.13 bits per heavy atom. The van der Waals surface area contributed by atoms with E-state index in [4.69, 9.17) is 10.5 Å². The Balaban J connectivity index is 0.00000264. The van der Waals surface area contributed by atoms with Gasteiger partial charge >= 0.3 is 0 Å². The molecule has 2 aromatic carbocycles. The second-order valence-corrected chi connectivity index (χ2v) is 5.80. The van der Waals surface area contributed by atoms with Crippen LogP contribution in [0.5, 0.6) is 5.75 Å². The smallest absolute Gasteiger partial charge is 0.193 e. The summed E-state index contributed by atoms with van der Waals surface area (Å²) in [6.07, 6.45) is 0.991. The van der Waals surface area contributed by atoms with Gasteiger partial charge in [-0.15, -0.1) is 35.7 Å². The Hall–Kier alpha value is -1.41. The third-order valence-electron chi connectivity index (χ3n) is 2.96. The number of methoxy groups -OCH3 is 1. The Bertz CT molecular complexity index is 591. The fourth-order valence-corrected chi connectivity index (χ4v) is 2.69. The number of ether oxygens (including phenoxy) is 1. The van der Waals surface area contributed by atoms with Gasteiger partial charge in [-0.25, -0.2) is 0 Å². The van der Waals surface area contributed by atoms with Crippen molar-refractivity contribution in [1.82, 2.24) is 0 Å². The first kappa shape index (κ1) is 19.6. The lowest BCUT2D eigenvalue weighted by molar-refractivity contribution is 0.415. The minimum Gasteiger partial charge on any atom is -0.497 e. The molecule has 0 radical (unpaired) electrons. The lowest BCUT2D eigenvalue weighted by Crippen LogP contribution is -2.22. The van der Waals surface area contributed by atoms with Crippen LogP contribution >= 0.6 is 35.7 Å². The number of halogens is 1. The lowest BCUT2D eigenvalue weighted by Gasteiger charge is -2.06. The molecular formula is C17H22IN3OS. The van der Waals surface area contributed by atoms with E-state index in [9.17, 15) is 0 Å². The highest BCUT2D eigenvalue weighted by atomic mass is 127. The van der Waals surface area contributed by atoms with Gasteiger partial charge < -0.3 is 15.8 Å². The van der Waals surface area contributed by atoms with E-state index in [0.29, 0.717) is 5.96 Å². The molecular weight excluding hydrogens is 421 g/mol. The van der Waals surface area contributed by atoms with Crippen LogP contribution in [-0.4, -0.2) is 25.4 Å². The van der Waals surface area contributed by atoms with E-state index < -0.39 is 0 Å². The number of hydrogen-bond acceptors (Lipinski definition) is 3. The van der Waals surface area contributed by atoms with E-state index in [1.165, 1.54) is 4.90 Å². The molecule has 0 bridgehead atoms. The molecule has 23 heavy (non-hydrogen) atoms. The van der Waals surface area contributed by atoms with Gasteiger partial charge in [0.15, 0.2) is 5.96 Å². The van der Waals surface area contributed by atoms with Gasteiger partial charge in [-0.1, -0.05) is 18.2 Å². The summed E-state index contributed by atoms with van der Waals surface area (Å²) in [6, 6.07) is 18.0. The molecule has 2 rings (SSSR count). The van der Waals surface area contributed by atoms with Crippen molar-refractivity contribution in [3.63, 3.8) is 0 Å². The third kappa shape index (κ3) is 7.60. The van der Waals surface area contributed by atoms with Crippen molar-refractivity contribution in [1.29, 1.82) is 0 Å². The number of anilines is 1. The molecule has 0 atom stereocenters. The first-order chi connectivity index (χ1) is 10.8. The Morgan fingerprint density at radius 2 is 1.83 bits per heavy atom. The van der Waals surface area contributed by atoms with Crippen LogP contribution in [-0.2, 0) is 0 Å². The van der Waals surface area contributed by atoms with Gasteiger partial charge in [0.05, 0.1) is 7.11 Å². The average molecular weight is 443 g/mol. The van der Waals surface area contributed by atoms with Crippen LogP contribution in [0, 0.1) is 0 Å². The summed E-state index contributed by atoms with van der Waals surface area (Å²) in [5, 5.41) is 3.07. The quantitative estimate of drug-likeness (QED) is 0.221. The maximum atomic E-state index is 5.87. The lowest BCUT2D eigenvalue weighted by atomic mass is 10.3. The highest BCUT2D eigenvalue weighted by Crippen LogP contribution is 2.17. The predicted molar refractivity (Wildman–Crippen MR) is 110 cm³/mol. The molecule has 2 aromatic rings. The molecule has 0 aromatic heterocycles. The van der Waals surface area contributed by atoms with Crippen LogP contribution in [0.3, 0.4) is 0 Å². The van der Waals surface area contributed by atoms with Crippen LogP contribution in [0.1, 0.15) is 6.42 Å². The number of hydrogen-bond donors (Lipinski definition) is 2. The van der Waals surface area contributed by atoms with Crippen molar-refractivity contribution in [2.75, 3.05) is 24.7 Å². The van der Waals surface area contributed by atoms with Crippen molar-refractivity contribution in [3.8, 4) is 5.75 Å². The largest absolute Gasteiger partial charge is 0.497 e. The minimum absolute atomic E-state index is 0. The molecule has 0 aliphatic heterocycles. The first-order valence-electron chi connectivity index (χ1n) is 7.17. The molecule has 6 heteroatoms. The van der Waals surface area contributed by atoms with Crippen LogP contribution in [0.15, 0.2) is 64.5 Å². The molecule has 0 fully saturated rings. The van der Waals surface area contributed by atoms with Crippen LogP contribution in [0.25, 0.3) is 0 Å². The van der Waals surface area contributed by atoms with Gasteiger partial charge in [-0.3, -0.25) is 4.99 Å². The number of guanidine groups is 1. The second-order valence-electron chi connectivity index (χ2n) is 4.64. The molecule has 0 saturated heterocycles. The predicted octanol–water partition coefficient (Wildman–Crippen LogP) is 4.22. The van der Waals surface area contributed by atoms with Crippen molar-refractivity contribution >= 4 is 47.4 Å². The molecule has 4 nitrogen and oxygen atoms in total. The normalized spacial score (nSPS) is 10.7. The zero-order chi connectivity index (χ0) is 15.6. The van der Waals surface area contributed by atoms with E-state index in [1.807, 2.05) is 42.1 Å². The van der Waals surface area contributed by atoms with Gasteiger partial charge in [0.1, 0.15) is 5.75 Å². The molecule has 0 aliphatic carbocycles. The number of benzene rings is 2. The zero-order valence-electron chi connectivity index (χ0n) is 13.1. The topological polar surface area (TPSA) is 59.6 Å². The zero-order valence-corrected chi connectivity index (χ0v) is 16.2.